The molecule has 0 aromatic heterocycles. The molecule has 2 N–H and O–H groups in total. The van der Waals surface area contributed by atoms with Gasteiger partial charge in [-0.2, -0.15) is 0 Å². The number of likely N-dealkylation sites (N-methyl/N-ethyl adjacent to an activating group) is 1. The van der Waals surface area contributed by atoms with Crippen LogP contribution in [0.1, 0.15) is 12.5 Å². The molecule has 2 rings (SSSR count). The van der Waals surface area contributed by atoms with Gasteiger partial charge in [0.05, 0.1) is 0 Å². The van der Waals surface area contributed by atoms with Crippen molar-refractivity contribution in [2.75, 3.05) is 25.5 Å². The maximum Gasteiger partial charge on any atom is 0.191 e. The average Bonchev–Trinajstić information content (AvgIpc) is 2.61. The number of nitrogens with zero attached hydrogens (tertiary/aromatic N) is 2. The van der Waals surface area contributed by atoms with E-state index in [1.165, 1.54) is 17.8 Å². The van der Waals surface area contributed by atoms with Gasteiger partial charge in [-0.1, -0.05) is 30.3 Å². The summed E-state index contributed by atoms with van der Waals surface area (Å²) in [7, 11) is 3.80. The Balaban J connectivity index is 1.82. The Labute approximate surface area is 143 Å². The molecule has 0 heterocycles. The predicted molar refractivity (Wildman–Crippen MR) is 98.9 cm³/mol. The van der Waals surface area contributed by atoms with Crippen LogP contribution in [0, 0.1) is 5.82 Å². The van der Waals surface area contributed by atoms with Gasteiger partial charge < -0.3 is 15.5 Å². The smallest absolute Gasteiger partial charge is 0.191 e. The Kier molecular flexibility index (Phi) is 6.61. The maximum atomic E-state index is 13.2. The normalized spacial score (nSPS) is 12.6. The molecule has 5 heteroatoms. The molecule has 0 aliphatic rings. The molecule has 0 fully saturated rings. The standard InChI is InChI=1S/C19H25FN4/c1-15(24(3)18-10-5-4-6-11-18)13-22-19(21-2)23-14-16-8-7-9-17(20)12-16/h4-12,15H,13-14H2,1-3H3,(H2,21,22,23). The largest absolute Gasteiger partial charge is 0.370 e. The fourth-order valence-electron chi connectivity index (χ4n) is 2.35. The Morgan fingerprint density at radius 2 is 1.88 bits per heavy atom. The van der Waals surface area contributed by atoms with Crippen LogP contribution in [-0.2, 0) is 6.54 Å². The lowest BCUT2D eigenvalue weighted by molar-refractivity contribution is 0.623. The SMILES string of the molecule is CN=C(NCc1cccc(F)c1)NCC(C)N(C)c1ccccc1. The van der Waals surface area contributed by atoms with Crippen LogP contribution in [0.25, 0.3) is 0 Å². The molecule has 128 valence electrons. The minimum absolute atomic E-state index is 0.227. The van der Waals surface area contributed by atoms with E-state index in [0.29, 0.717) is 18.5 Å². The molecule has 0 bridgehead atoms. The van der Waals surface area contributed by atoms with Gasteiger partial charge in [-0.25, -0.2) is 4.39 Å². The Bertz CT molecular complexity index is 657. The number of hydrogen-bond donors (Lipinski definition) is 2. The summed E-state index contributed by atoms with van der Waals surface area (Å²) in [4.78, 5) is 6.43. The van der Waals surface area contributed by atoms with Crippen LogP contribution in [0.4, 0.5) is 10.1 Å². The van der Waals surface area contributed by atoms with Crippen molar-refractivity contribution in [3.8, 4) is 0 Å². The van der Waals surface area contributed by atoms with E-state index >= 15 is 0 Å². The molecule has 0 saturated heterocycles. The van der Waals surface area contributed by atoms with E-state index in [1.807, 2.05) is 24.3 Å². The molecule has 2 aromatic carbocycles. The number of hydrogen-bond acceptors (Lipinski definition) is 2. The van der Waals surface area contributed by atoms with Gasteiger partial charge in [-0.15, -0.1) is 0 Å². The maximum absolute atomic E-state index is 13.2. The lowest BCUT2D eigenvalue weighted by Crippen LogP contribution is -2.44. The van der Waals surface area contributed by atoms with Gasteiger partial charge in [0.2, 0.25) is 0 Å². The zero-order valence-corrected chi connectivity index (χ0v) is 14.5. The summed E-state index contributed by atoms with van der Waals surface area (Å²) in [5.74, 6) is 0.475. The van der Waals surface area contributed by atoms with Gasteiger partial charge in [0, 0.05) is 38.9 Å². The molecular weight excluding hydrogens is 303 g/mol. The van der Waals surface area contributed by atoms with Crippen molar-refractivity contribution in [2.24, 2.45) is 4.99 Å². The van der Waals surface area contributed by atoms with Crippen LogP contribution in [-0.4, -0.2) is 32.6 Å². The zero-order chi connectivity index (χ0) is 17.4. The van der Waals surface area contributed by atoms with Crippen molar-refractivity contribution in [1.29, 1.82) is 0 Å². The summed E-state index contributed by atoms with van der Waals surface area (Å²) in [5, 5.41) is 6.51. The molecule has 0 aliphatic carbocycles. The lowest BCUT2D eigenvalue weighted by atomic mass is 10.2. The van der Waals surface area contributed by atoms with Crippen LogP contribution < -0.4 is 15.5 Å². The van der Waals surface area contributed by atoms with Crippen molar-refractivity contribution < 1.29 is 4.39 Å². The summed E-state index contributed by atoms with van der Waals surface area (Å²) >= 11 is 0. The number of anilines is 1. The van der Waals surface area contributed by atoms with E-state index in [4.69, 9.17) is 0 Å². The van der Waals surface area contributed by atoms with Crippen molar-refractivity contribution in [1.82, 2.24) is 10.6 Å². The molecule has 0 spiro atoms. The second kappa shape index (κ2) is 8.91. The predicted octanol–water partition coefficient (Wildman–Crippen LogP) is 3.02. The Hall–Kier alpha value is -2.56. The lowest BCUT2D eigenvalue weighted by Gasteiger charge is -2.27. The van der Waals surface area contributed by atoms with Crippen LogP contribution in [0.3, 0.4) is 0 Å². The topological polar surface area (TPSA) is 39.7 Å². The van der Waals surface area contributed by atoms with E-state index in [9.17, 15) is 4.39 Å². The van der Waals surface area contributed by atoms with Gasteiger partial charge in [0.15, 0.2) is 5.96 Å². The number of rotatable bonds is 6. The van der Waals surface area contributed by atoms with E-state index in [0.717, 1.165) is 12.1 Å². The average molecular weight is 328 g/mol. The summed E-state index contributed by atoms with van der Waals surface area (Å²) in [6.07, 6.45) is 0. The first-order valence-electron chi connectivity index (χ1n) is 8.07. The number of aliphatic imine (C=N–C) groups is 1. The number of halogens is 1. The summed E-state index contributed by atoms with van der Waals surface area (Å²) in [5.41, 5.74) is 2.06. The second-order valence-electron chi connectivity index (χ2n) is 5.73. The molecule has 2 aromatic rings. The van der Waals surface area contributed by atoms with Crippen LogP contribution >= 0.6 is 0 Å². The molecule has 1 unspecified atom stereocenters. The third-order valence-electron chi connectivity index (χ3n) is 3.96. The van der Waals surface area contributed by atoms with Gasteiger partial charge in [-0.05, 0) is 36.8 Å². The molecule has 1 atom stereocenters. The fourth-order valence-corrected chi connectivity index (χ4v) is 2.35. The van der Waals surface area contributed by atoms with Gasteiger partial charge in [0.25, 0.3) is 0 Å². The quantitative estimate of drug-likeness (QED) is 0.632. The highest BCUT2D eigenvalue weighted by atomic mass is 19.1. The summed E-state index contributed by atoms with van der Waals surface area (Å²) in [6.45, 7) is 3.43. The van der Waals surface area contributed by atoms with Crippen molar-refractivity contribution in [3.05, 3.63) is 66.0 Å². The molecule has 0 saturated carbocycles. The highest BCUT2D eigenvalue weighted by Crippen LogP contribution is 2.13. The first-order chi connectivity index (χ1) is 11.6. The highest BCUT2D eigenvalue weighted by Gasteiger charge is 2.10. The third kappa shape index (κ3) is 5.26. The second-order valence-corrected chi connectivity index (χ2v) is 5.73. The van der Waals surface area contributed by atoms with E-state index in [1.54, 1.807) is 13.1 Å². The molecule has 0 radical (unpaired) electrons. The fraction of sp³-hybridized carbons (Fsp3) is 0.316. The number of benzene rings is 2. The Morgan fingerprint density at radius 3 is 2.54 bits per heavy atom. The van der Waals surface area contributed by atoms with Crippen molar-refractivity contribution in [2.45, 2.75) is 19.5 Å². The third-order valence-corrected chi connectivity index (χ3v) is 3.96. The highest BCUT2D eigenvalue weighted by molar-refractivity contribution is 5.79. The molecule has 0 aliphatic heterocycles. The van der Waals surface area contributed by atoms with E-state index in [2.05, 4.69) is 46.6 Å². The Morgan fingerprint density at radius 1 is 1.12 bits per heavy atom. The number of guanidine groups is 1. The van der Waals surface area contributed by atoms with Gasteiger partial charge in [-0.3, -0.25) is 4.99 Å². The van der Waals surface area contributed by atoms with Gasteiger partial charge in [0.1, 0.15) is 5.82 Å². The molecule has 0 amide bonds. The van der Waals surface area contributed by atoms with Crippen LogP contribution in [0.5, 0.6) is 0 Å². The van der Waals surface area contributed by atoms with Crippen molar-refractivity contribution >= 4 is 11.6 Å². The first-order valence-corrected chi connectivity index (χ1v) is 8.07. The van der Waals surface area contributed by atoms with Crippen LogP contribution in [0.2, 0.25) is 0 Å². The molecule has 24 heavy (non-hydrogen) atoms. The molecular formula is C19H25FN4. The minimum Gasteiger partial charge on any atom is -0.370 e. The minimum atomic E-state index is -0.227. The summed E-state index contributed by atoms with van der Waals surface area (Å²) in [6, 6.07) is 17.1. The van der Waals surface area contributed by atoms with Gasteiger partial charge >= 0.3 is 0 Å². The first kappa shape index (κ1) is 17.8. The monoisotopic (exact) mass is 328 g/mol. The number of nitrogens with one attached hydrogen (secondary N) is 2. The summed E-state index contributed by atoms with van der Waals surface area (Å²) < 4.78 is 13.2. The van der Waals surface area contributed by atoms with E-state index < -0.39 is 0 Å². The molecule has 4 nitrogen and oxygen atoms in total. The van der Waals surface area contributed by atoms with Crippen molar-refractivity contribution in [3.63, 3.8) is 0 Å². The zero-order valence-electron chi connectivity index (χ0n) is 14.5. The van der Waals surface area contributed by atoms with Crippen LogP contribution in [0.15, 0.2) is 59.6 Å². The number of para-hydroxylation sites is 1. The van der Waals surface area contributed by atoms with E-state index in [-0.39, 0.29) is 5.82 Å².